The van der Waals surface area contributed by atoms with Crippen molar-refractivity contribution in [3.8, 4) is 0 Å². The van der Waals surface area contributed by atoms with Crippen molar-refractivity contribution in [1.29, 1.82) is 0 Å². The summed E-state index contributed by atoms with van der Waals surface area (Å²) < 4.78 is 25.1. The zero-order valence-electron chi connectivity index (χ0n) is 23.7. The molecule has 1 aliphatic carbocycles. The maximum absolute atomic E-state index is 13.2. The fourth-order valence-electron chi connectivity index (χ4n) is 5.62. The minimum Gasteiger partial charge on any atom is -0.370 e. The standard InChI is InChI=1S/C30H39ClN4O5S/c1-20-7-5-10-24(41(2,39)40)19-26(34-29(37)22-8-6-9-23(31)18-22)28(20)35-15-12-21(13-16-35)17-27(36)33-25-11-3-4-14-32-30(25)38/h6,8-10,18-19,21,25H,3-5,7,11-17H2,1-2H3,(H,32,38)(H,33,36)(H,34,37). The second kappa shape index (κ2) is 13.7. The van der Waals surface area contributed by atoms with Gasteiger partial charge in [-0.3, -0.25) is 14.4 Å². The Hall–Kier alpha value is -3.11. The van der Waals surface area contributed by atoms with Gasteiger partial charge in [0.2, 0.25) is 11.8 Å². The van der Waals surface area contributed by atoms with Gasteiger partial charge in [0.25, 0.3) is 5.91 Å². The van der Waals surface area contributed by atoms with Crippen molar-refractivity contribution in [1.82, 2.24) is 20.9 Å². The van der Waals surface area contributed by atoms with E-state index in [0.29, 0.717) is 61.6 Å². The molecule has 2 fully saturated rings. The smallest absolute Gasteiger partial charge is 0.255 e. The van der Waals surface area contributed by atoms with E-state index in [1.165, 1.54) is 6.26 Å². The monoisotopic (exact) mass is 602 g/mol. The van der Waals surface area contributed by atoms with E-state index in [9.17, 15) is 22.8 Å². The van der Waals surface area contributed by atoms with E-state index in [1.54, 1.807) is 36.4 Å². The van der Waals surface area contributed by atoms with E-state index in [0.717, 1.165) is 37.0 Å². The predicted molar refractivity (Wildman–Crippen MR) is 160 cm³/mol. The van der Waals surface area contributed by atoms with E-state index < -0.39 is 15.9 Å². The Labute approximate surface area is 247 Å². The summed E-state index contributed by atoms with van der Waals surface area (Å²) in [6.07, 6.45) is 9.96. The number of sulfone groups is 1. The lowest BCUT2D eigenvalue weighted by molar-refractivity contribution is -0.129. The summed E-state index contributed by atoms with van der Waals surface area (Å²) in [4.78, 5) is 40.6. The van der Waals surface area contributed by atoms with Crippen LogP contribution in [0.25, 0.3) is 0 Å². The Bertz CT molecular complexity index is 1380. The topological polar surface area (TPSA) is 125 Å². The molecule has 222 valence electrons. The lowest BCUT2D eigenvalue weighted by atomic mass is 9.91. The van der Waals surface area contributed by atoms with Crippen LogP contribution < -0.4 is 16.0 Å². The van der Waals surface area contributed by atoms with Gasteiger partial charge in [0.1, 0.15) is 6.04 Å². The first kappa shape index (κ1) is 30.8. The SMILES string of the molecule is CC1=C(N2CCC(CC(=O)NC3CCCCNC3=O)CC2)C(NC(=O)c2cccc(Cl)c2)=CC(S(C)(=O)=O)=CCC1. The van der Waals surface area contributed by atoms with Crippen LogP contribution in [0.2, 0.25) is 5.02 Å². The molecule has 4 rings (SSSR count). The number of rotatable bonds is 7. The van der Waals surface area contributed by atoms with E-state index in [1.807, 2.05) is 6.92 Å². The minimum atomic E-state index is -3.52. The molecule has 1 atom stereocenters. The number of benzene rings is 1. The molecule has 3 aliphatic rings. The third kappa shape index (κ3) is 8.45. The number of hydrogen-bond donors (Lipinski definition) is 3. The van der Waals surface area contributed by atoms with Gasteiger partial charge < -0.3 is 20.9 Å². The maximum Gasteiger partial charge on any atom is 0.255 e. The zero-order valence-corrected chi connectivity index (χ0v) is 25.2. The van der Waals surface area contributed by atoms with Crippen LogP contribution in [0, 0.1) is 5.92 Å². The third-order valence-corrected chi connectivity index (χ3v) is 9.23. The average Bonchev–Trinajstić information content (AvgIpc) is 3.11. The van der Waals surface area contributed by atoms with E-state index in [2.05, 4.69) is 20.9 Å². The number of likely N-dealkylation sites (tertiary alicyclic amines) is 1. The summed E-state index contributed by atoms with van der Waals surface area (Å²) in [6.45, 7) is 3.95. The van der Waals surface area contributed by atoms with Gasteiger partial charge in [0, 0.05) is 42.9 Å². The zero-order chi connectivity index (χ0) is 29.6. The van der Waals surface area contributed by atoms with Crippen LogP contribution in [0.5, 0.6) is 0 Å². The molecule has 0 spiro atoms. The molecular formula is C30H39ClN4O5S. The first-order chi connectivity index (χ1) is 19.5. The lowest BCUT2D eigenvalue weighted by Gasteiger charge is -2.37. The minimum absolute atomic E-state index is 0.107. The van der Waals surface area contributed by atoms with Crippen LogP contribution in [0.4, 0.5) is 0 Å². The summed E-state index contributed by atoms with van der Waals surface area (Å²) in [7, 11) is -3.52. The van der Waals surface area contributed by atoms with Crippen molar-refractivity contribution >= 4 is 39.2 Å². The van der Waals surface area contributed by atoms with Gasteiger partial charge in [-0.25, -0.2) is 8.42 Å². The molecule has 11 heteroatoms. The highest BCUT2D eigenvalue weighted by molar-refractivity contribution is 7.94. The quantitative estimate of drug-likeness (QED) is 0.436. The van der Waals surface area contributed by atoms with Gasteiger partial charge in [-0.05, 0) is 87.6 Å². The normalized spacial score (nSPS) is 21.1. The van der Waals surface area contributed by atoms with Gasteiger partial charge in [-0.2, -0.15) is 0 Å². The Kier molecular flexibility index (Phi) is 10.3. The fraction of sp³-hybridized carbons (Fsp3) is 0.500. The molecule has 3 amide bonds. The number of nitrogens with one attached hydrogen (secondary N) is 3. The summed E-state index contributed by atoms with van der Waals surface area (Å²) in [6, 6.07) is 6.13. The largest absolute Gasteiger partial charge is 0.370 e. The van der Waals surface area contributed by atoms with E-state index >= 15 is 0 Å². The number of amides is 3. The molecule has 2 heterocycles. The van der Waals surface area contributed by atoms with Gasteiger partial charge in [-0.15, -0.1) is 0 Å². The Morgan fingerprint density at radius 1 is 1.15 bits per heavy atom. The van der Waals surface area contributed by atoms with Crippen molar-refractivity contribution in [3.63, 3.8) is 0 Å². The van der Waals surface area contributed by atoms with Crippen molar-refractivity contribution in [2.24, 2.45) is 5.92 Å². The highest BCUT2D eigenvalue weighted by Gasteiger charge is 2.29. The Morgan fingerprint density at radius 3 is 2.61 bits per heavy atom. The number of allylic oxidation sites excluding steroid dienone is 3. The summed E-state index contributed by atoms with van der Waals surface area (Å²) in [5.74, 6) is -0.441. The molecule has 0 saturated carbocycles. The van der Waals surface area contributed by atoms with Crippen LogP contribution >= 0.6 is 11.6 Å². The fourth-order valence-corrected chi connectivity index (χ4v) is 6.56. The summed E-state index contributed by atoms with van der Waals surface area (Å²) >= 11 is 6.11. The van der Waals surface area contributed by atoms with E-state index in [-0.39, 0.29) is 28.5 Å². The summed E-state index contributed by atoms with van der Waals surface area (Å²) in [5, 5.41) is 9.16. The molecule has 41 heavy (non-hydrogen) atoms. The van der Waals surface area contributed by atoms with Crippen molar-refractivity contribution in [2.75, 3.05) is 25.9 Å². The predicted octanol–water partition coefficient (Wildman–Crippen LogP) is 3.84. The Balaban J connectivity index is 1.49. The van der Waals surface area contributed by atoms with Crippen LogP contribution in [-0.4, -0.2) is 63.0 Å². The van der Waals surface area contributed by atoms with Crippen LogP contribution in [0.1, 0.15) is 68.6 Å². The number of nitrogens with zero attached hydrogens (tertiary/aromatic N) is 1. The highest BCUT2D eigenvalue weighted by atomic mass is 35.5. The van der Waals surface area contributed by atoms with Gasteiger partial charge in [0.15, 0.2) is 9.84 Å². The molecule has 1 aromatic rings. The number of carbonyl (C=O) groups is 3. The van der Waals surface area contributed by atoms with Gasteiger partial charge >= 0.3 is 0 Å². The van der Waals surface area contributed by atoms with Crippen molar-refractivity contribution in [2.45, 2.75) is 64.3 Å². The average molecular weight is 603 g/mol. The lowest BCUT2D eigenvalue weighted by Crippen LogP contribution is -2.46. The third-order valence-electron chi connectivity index (χ3n) is 7.85. The van der Waals surface area contributed by atoms with Crippen molar-refractivity contribution < 1.29 is 22.8 Å². The molecule has 1 unspecified atom stereocenters. The van der Waals surface area contributed by atoms with Crippen molar-refractivity contribution in [3.05, 3.63) is 68.9 Å². The number of halogens is 1. The number of hydrogen-bond acceptors (Lipinski definition) is 6. The molecule has 2 aliphatic heterocycles. The van der Waals surface area contributed by atoms with Gasteiger partial charge in [0.05, 0.1) is 16.3 Å². The maximum atomic E-state index is 13.2. The first-order valence-electron chi connectivity index (χ1n) is 14.2. The van der Waals surface area contributed by atoms with Crippen LogP contribution in [0.15, 0.2) is 58.3 Å². The molecule has 3 N–H and O–H groups in total. The van der Waals surface area contributed by atoms with E-state index in [4.69, 9.17) is 11.6 Å². The second-order valence-corrected chi connectivity index (χ2v) is 13.6. The molecule has 0 aromatic heterocycles. The number of piperidine rings is 1. The van der Waals surface area contributed by atoms with Crippen LogP contribution in [-0.2, 0) is 19.4 Å². The Morgan fingerprint density at radius 2 is 1.90 bits per heavy atom. The molecule has 9 nitrogen and oxygen atoms in total. The van der Waals surface area contributed by atoms with Crippen LogP contribution in [0.3, 0.4) is 0 Å². The molecule has 0 bridgehead atoms. The molecule has 1 aromatic carbocycles. The summed E-state index contributed by atoms with van der Waals surface area (Å²) in [5.41, 5.74) is 2.66. The second-order valence-electron chi connectivity index (χ2n) is 11.1. The molecule has 0 radical (unpaired) electrons. The number of carbonyl (C=O) groups excluding carboxylic acids is 3. The van der Waals surface area contributed by atoms with Gasteiger partial charge in [-0.1, -0.05) is 23.7 Å². The first-order valence-corrected chi connectivity index (χ1v) is 16.5. The molecule has 2 saturated heterocycles. The molecular weight excluding hydrogens is 564 g/mol. The highest BCUT2D eigenvalue weighted by Crippen LogP contribution is 2.31.